The van der Waals surface area contributed by atoms with Gasteiger partial charge in [-0.15, -0.1) is 0 Å². The zero-order valence-corrected chi connectivity index (χ0v) is 20.4. The predicted octanol–water partition coefficient (Wildman–Crippen LogP) is 3.42. The van der Waals surface area contributed by atoms with Crippen LogP contribution in [0.15, 0.2) is 36.4 Å². The van der Waals surface area contributed by atoms with E-state index in [9.17, 15) is 14.9 Å². The van der Waals surface area contributed by atoms with E-state index in [2.05, 4.69) is 15.1 Å². The first kappa shape index (κ1) is 23.7. The Morgan fingerprint density at radius 3 is 2.86 bits per heavy atom. The third kappa shape index (κ3) is 4.75. The molecule has 1 amide bonds. The minimum Gasteiger partial charge on any atom is -0.495 e. The molecule has 3 heterocycles. The highest BCUT2D eigenvalue weighted by Gasteiger charge is 2.42. The van der Waals surface area contributed by atoms with Crippen LogP contribution in [0.5, 0.6) is 5.75 Å². The van der Waals surface area contributed by atoms with Gasteiger partial charge in [0.2, 0.25) is 5.91 Å². The number of hydrogen-bond acceptors (Lipinski definition) is 7. The molecule has 0 bridgehead atoms. The monoisotopic (exact) mass is 500 g/mol. The third-order valence-electron chi connectivity index (χ3n) is 7.25. The van der Waals surface area contributed by atoms with Crippen molar-refractivity contribution < 1.29 is 19.2 Å². The number of anilines is 2. The lowest BCUT2D eigenvalue weighted by molar-refractivity contribution is -0.384. The van der Waals surface area contributed by atoms with Crippen LogP contribution in [0, 0.1) is 16.0 Å². The van der Waals surface area contributed by atoms with Crippen LogP contribution in [-0.4, -0.2) is 62.9 Å². The van der Waals surface area contributed by atoms with Crippen molar-refractivity contribution in [2.45, 2.75) is 31.4 Å². The second kappa shape index (κ2) is 9.91. The zero-order valence-electron chi connectivity index (χ0n) is 19.6. The number of carbonyl (C=O) groups is 1. The molecule has 0 aliphatic carbocycles. The number of benzene rings is 2. The molecule has 3 aliphatic heterocycles. The molecule has 2 aromatic carbocycles. The molecular weight excluding hydrogens is 472 g/mol. The molecule has 2 aromatic rings. The van der Waals surface area contributed by atoms with Crippen molar-refractivity contribution in [3.05, 3.63) is 57.1 Å². The molecule has 1 N–H and O–H groups in total. The second-order valence-electron chi connectivity index (χ2n) is 9.28. The van der Waals surface area contributed by atoms with Crippen LogP contribution in [0.1, 0.15) is 18.4 Å². The van der Waals surface area contributed by atoms with Crippen molar-refractivity contribution in [3.8, 4) is 5.75 Å². The summed E-state index contributed by atoms with van der Waals surface area (Å²) in [5.74, 6) is 0.320. The van der Waals surface area contributed by atoms with Crippen LogP contribution in [0.2, 0.25) is 5.02 Å². The van der Waals surface area contributed by atoms with Crippen molar-refractivity contribution in [2.24, 2.45) is 5.92 Å². The Bertz CT molecular complexity index is 1120. The Hall–Kier alpha value is -3.04. The summed E-state index contributed by atoms with van der Waals surface area (Å²) < 4.78 is 11.3. The van der Waals surface area contributed by atoms with E-state index in [0.717, 1.165) is 42.1 Å². The van der Waals surface area contributed by atoms with E-state index in [1.807, 2.05) is 18.2 Å². The van der Waals surface area contributed by atoms with Gasteiger partial charge in [-0.1, -0.05) is 11.6 Å². The largest absolute Gasteiger partial charge is 0.495 e. The number of carbonyl (C=O) groups excluding carboxylic acids is 1. The van der Waals surface area contributed by atoms with Crippen LogP contribution >= 0.6 is 11.6 Å². The molecule has 0 spiro atoms. The molecule has 9 nitrogen and oxygen atoms in total. The highest BCUT2D eigenvalue weighted by molar-refractivity contribution is 6.31. The summed E-state index contributed by atoms with van der Waals surface area (Å²) >= 11 is 6.30. The van der Waals surface area contributed by atoms with E-state index < -0.39 is 0 Å². The molecule has 0 unspecified atom stereocenters. The molecule has 0 radical (unpaired) electrons. The molecule has 0 saturated carbocycles. The van der Waals surface area contributed by atoms with Gasteiger partial charge < -0.3 is 24.6 Å². The van der Waals surface area contributed by atoms with Gasteiger partial charge in [-0.3, -0.25) is 14.9 Å². The van der Waals surface area contributed by atoms with Gasteiger partial charge in [0.15, 0.2) is 0 Å². The number of methoxy groups -OCH3 is 1. The molecule has 186 valence electrons. The van der Waals surface area contributed by atoms with Crippen molar-refractivity contribution in [1.82, 2.24) is 5.32 Å². The van der Waals surface area contributed by atoms with Crippen LogP contribution in [-0.2, 0) is 16.0 Å². The summed E-state index contributed by atoms with van der Waals surface area (Å²) in [6.45, 7) is 3.18. The number of nitrogens with zero attached hydrogens (tertiary/aromatic N) is 3. The number of nitrogens with one attached hydrogen (secondary N) is 1. The SMILES string of the molecule is COc1ccc(Cl)cc1N1CCN2c3ccc([N+](=O)[O-])cc3C[C@H](C(=O)NC[C@H]3CCCO3)[C@@H]2C1. The quantitative estimate of drug-likeness (QED) is 0.479. The van der Waals surface area contributed by atoms with Gasteiger partial charge in [0.1, 0.15) is 5.75 Å². The Labute approximate surface area is 209 Å². The normalized spacial score (nSPS) is 23.4. The predicted molar refractivity (Wildman–Crippen MR) is 134 cm³/mol. The number of amides is 1. The fraction of sp³-hybridized carbons (Fsp3) is 0.480. The maximum Gasteiger partial charge on any atom is 0.269 e. The molecule has 5 rings (SSSR count). The molecule has 35 heavy (non-hydrogen) atoms. The number of halogens is 1. The van der Waals surface area contributed by atoms with Crippen molar-refractivity contribution in [2.75, 3.05) is 49.7 Å². The van der Waals surface area contributed by atoms with Crippen molar-refractivity contribution >= 4 is 34.6 Å². The van der Waals surface area contributed by atoms with Gasteiger partial charge >= 0.3 is 0 Å². The van der Waals surface area contributed by atoms with Gasteiger partial charge in [0.05, 0.1) is 35.8 Å². The Morgan fingerprint density at radius 1 is 1.26 bits per heavy atom. The van der Waals surface area contributed by atoms with E-state index in [1.165, 1.54) is 0 Å². The number of nitro groups is 1. The highest BCUT2D eigenvalue weighted by atomic mass is 35.5. The first-order valence-corrected chi connectivity index (χ1v) is 12.3. The van der Waals surface area contributed by atoms with Crippen LogP contribution in [0.4, 0.5) is 17.1 Å². The summed E-state index contributed by atoms with van der Waals surface area (Å²) in [5, 5.41) is 15.1. The second-order valence-corrected chi connectivity index (χ2v) is 9.72. The van der Waals surface area contributed by atoms with Gasteiger partial charge in [0.25, 0.3) is 5.69 Å². The van der Waals surface area contributed by atoms with E-state index in [1.54, 1.807) is 25.3 Å². The molecule has 2 fully saturated rings. The van der Waals surface area contributed by atoms with Crippen LogP contribution in [0.25, 0.3) is 0 Å². The maximum atomic E-state index is 13.5. The van der Waals surface area contributed by atoms with E-state index >= 15 is 0 Å². The van der Waals surface area contributed by atoms with Gasteiger partial charge in [-0.2, -0.15) is 0 Å². The summed E-state index contributed by atoms with van der Waals surface area (Å²) in [5.41, 5.74) is 2.73. The fourth-order valence-corrected chi connectivity index (χ4v) is 5.67. The minimum atomic E-state index is -0.387. The minimum absolute atomic E-state index is 0.0445. The van der Waals surface area contributed by atoms with Crippen molar-refractivity contribution in [1.29, 1.82) is 0 Å². The van der Waals surface area contributed by atoms with E-state index in [4.69, 9.17) is 21.1 Å². The van der Waals surface area contributed by atoms with Gasteiger partial charge in [-0.25, -0.2) is 0 Å². The first-order chi connectivity index (χ1) is 16.9. The lowest BCUT2D eigenvalue weighted by Gasteiger charge is -2.49. The molecule has 10 heteroatoms. The average Bonchev–Trinajstić information content (AvgIpc) is 3.39. The molecule has 3 atom stereocenters. The first-order valence-electron chi connectivity index (χ1n) is 12.0. The summed E-state index contributed by atoms with van der Waals surface area (Å²) in [4.78, 5) is 28.9. The summed E-state index contributed by atoms with van der Waals surface area (Å²) in [6, 6.07) is 10.4. The Balaban J connectivity index is 1.44. The number of ether oxygens (including phenoxy) is 2. The zero-order chi connectivity index (χ0) is 24.5. The molecule has 0 aromatic heterocycles. The van der Waals surface area contributed by atoms with E-state index in [0.29, 0.717) is 37.6 Å². The number of piperazine rings is 1. The summed E-state index contributed by atoms with van der Waals surface area (Å²) in [7, 11) is 1.63. The topological polar surface area (TPSA) is 97.2 Å². The number of rotatable bonds is 6. The highest BCUT2D eigenvalue weighted by Crippen LogP contribution is 2.40. The lowest BCUT2D eigenvalue weighted by atomic mass is 9.83. The van der Waals surface area contributed by atoms with Crippen LogP contribution < -0.4 is 19.9 Å². The molecular formula is C25H29ClN4O5. The standard InChI is InChI=1S/C25H29ClN4O5/c1-34-24-7-4-17(26)13-22(24)28-8-9-29-21-6-5-18(30(32)33)11-16(21)12-20(23(29)15-28)25(31)27-14-19-3-2-10-35-19/h4-7,11,13,19-20,23H,2-3,8-10,12,14-15H2,1H3,(H,27,31)/t19-,20+,23+/m1/s1. The number of non-ortho nitro benzene ring substituents is 1. The maximum absolute atomic E-state index is 13.5. The number of nitro benzene ring substituents is 1. The summed E-state index contributed by atoms with van der Waals surface area (Å²) in [6.07, 6.45) is 2.44. The van der Waals surface area contributed by atoms with Crippen LogP contribution in [0.3, 0.4) is 0 Å². The number of fused-ring (bicyclic) bond motifs is 3. The Kier molecular flexibility index (Phi) is 6.71. The smallest absolute Gasteiger partial charge is 0.269 e. The number of hydrogen-bond donors (Lipinski definition) is 1. The van der Waals surface area contributed by atoms with Gasteiger partial charge in [0, 0.05) is 55.6 Å². The molecule has 2 saturated heterocycles. The Morgan fingerprint density at radius 2 is 2.11 bits per heavy atom. The van der Waals surface area contributed by atoms with E-state index in [-0.39, 0.29) is 34.6 Å². The molecule has 3 aliphatic rings. The van der Waals surface area contributed by atoms with Crippen molar-refractivity contribution in [3.63, 3.8) is 0 Å². The average molecular weight is 501 g/mol. The lowest BCUT2D eigenvalue weighted by Crippen LogP contribution is -2.61. The van der Waals surface area contributed by atoms with Gasteiger partial charge in [-0.05, 0) is 49.1 Å². The fourth-order valence-electron chi connectivity index (χ4n) is 5.50. The third-order valence-corrected chi connectivity index (χ3v) is 7.49.